The fourth-order valence-electron chi connectivity index (χ4n) is 0.508. The minimum atomic E-state index is -2.37. The summed E-state index contributed by atoms with van der Waals surface area (Å²) in [5.74, 6) is 0. The van der Waals surface area contributed by atoms with E-state index in [1.54, 1.807) is 21.1 Å². The van der Waals surface area contributed by atoms with Gasteiger partial charge in [-0.2, -0.15) is 0 Å². The minimum absolute atomic E-state index is 0.158. The number of rotatable bonds is 3. The molecule has 0 aromatic carbocycles. The molecule has 0 heterocycles. The van der Waals surface area contributed by atoms with E-state index in [9.17, 15) is 0 Å². The van der Waals surface area contributed by atoms with Crippen LogP contribution in [0.25, 0.3) is 0 Å². The topological polar surface area (TPSA) is 40.5 Å². The van der Waals surface area contributed by atoms with Gasteiger partial charge in [-0.05, 0) is 23.2 Å². The van der Waals surface area contributed by atoms with E-state index < -0.39 is 9.70 Å². The van der Waals surface area contributed by atoms with Gasteiger partial charge in [-0.15, -0.1) is 0 Å². The van der Waals surface area contributed by atoms with Gasteiger partial charge < -0.3 is 10.2 Å². The molecule has 74 valence electrons. The van der Waals surface area contributed by atoms with Crippen LogP contribution in [0, 0.1) is 0 Å². The Bertz CT molecular complexity index is 159. The first-order valence-electron chi connectivity index (χ1n) is 3.29. The van der Waals surface area contributed by atoms with E-state index in [1.165, 1.54) is 0 Å². The zero-order valence-electron chi connectivity index (χ0n) is 7.18. The zero-order chi connectivity index (χ0) is 10.2. The second kappa shape index (κ2) is 3.48. The molecule has 0 saturated carbocycles. The van der Waals surface area contributed by atoms with E-state index >= 15 is 0 Å². The molecular weight excluding hydrogens is 224 g/mol. The van der Waals surface area contributed by atoms with Gasteiger partial charge in [-0.3, -0.25) is 4.48 Å². The second-order valence-corrected chi connectivity index (χ2v) is 5.62. The maximum atomic E-state index is 8.86. The van der Waals surface area contributed by atoms with Crippen molar-refractivity contribution in [1.29, 1.82) is 0 Å². The number of nitrogens with zero attached hydrogens (tertiary/aromatic N) is 1. The van der Waals surface area contributed by atoms with Gasteiger partial charge in [0.1, 0.15) is 6.42 Å². The molecule has 0 unspecified atom stereocenters. The average molecular weight is 238 g/mol. The van der Waals surface area contributed by atoms with Crippen molar-refractivity contribution in [2.45, 2.75) is 16.1 Å². The Balaban J connectivity index is 4.44. The molecule has 0 rings (SSSR count). The van der Waals surface area contributed by atoms with E-state index in [-0.39, 0.29) is 10.9 Å². The molecule has 12 heavy (non-hydrogen) atoms. The van der Waals surface area contributed by atoms with Gasteiger partial charge in [0.15, 0.2) is 0 Å². The summed E-state index contributed by atoms with van der Waals surface area (Å²) in [4.78, 5) is 0. The first kappa shape index (κ1) is 12.8. The van der Waals surface area contributed by atoms with Gasteiger partial charge in [0.25, 0.3) is 9.70 Å². The Hall–Kier alpha value is 0.750. The highest BCUT2D eigenvalue weighted by Gasteiger charge is 2.45. The summed E-state index contributed by atoms with van der Waals surface area (Å²) in [5.41, 5.74) is 0. The lowest BCUT2D eigenvalue weighted by Gasteiger charge is -2.38. The number of quaternary nitrogens is 1. The van der Waals surface area contributed by atoms with Crippen LogP contribution >= 0.6 is 34.8 Å². The lowest BCUT2D eigenvalue weighted by molar-refractivity contribution is -0.895. The highest BCUT2D eigenvalue weighted by molar-refractivity contribution is 6.47. The Morgan fingerprint density at radius 1 is 1.08 bits per heavy atom. The molecule has 3 nitrogen and oxygen atoms in total. The summed E-state index contributed by atoms with van der Waals surface area (Å²) < 4.78 is -1.17. The number of alkyl halides is 3. The van der Waals surface area contributed by atoms with E-state index in [2.05, 4.69) is 0 Å². The van der Waals surface area contributed by atoms with Crippen molar-refractivity contribution in [3.63, 3.8) is 0 Å². The lowest BCUT2D eigenvalue weighted by atomic mass is 10.3. The molecular formula is C6H13Cl3NO2+. The van der Waals surface area contributed by atoms with Crippen molar-refractivity contribution in [3.8, 4) is 0 Å². The van der Waals surface area contributed by atoms with Gasteiger partial charge in [0.2, 0.25) is 0 Å². The van der Waals surface area contributed by atoms with Crippen LogP contribution in [0.4, 0.5) is 0 Å². The maximum absolute atomic E-state index is 8.86. The fourth-order valence-corrected chi connectivity index (χ4v) is 1.21. The van der Waals surface area contributed by atoms with Gasteiger partial charge in [-0.25, -0.2) is 0 Å². The van der Waals surface area contributed by atoms with Crippen molar-refractivity contribution in [2.75, 3.05) is 21.1 Å². The SMILES string of the molecule is C[N+](C)(C)C(Cl)(Cl)CC(O)(O)Cl. The molecule has 0 aliphatic carbocycles. The van der Waals surface area contributed by atoms with Crippen LogP contribution in [0.3, 0.4) is 0 Å². The summed E-state index contributed by atoms with van der Waals surface area (Å²) in [6.07, 6.45) is -0.339. The van der Waals surface area contributed by atoms with Crippen LogP contribution in [0.2, 0.25) is 0 Å². The predicted octanol–water partition coefficient (Wildman–Crippen LogP) is 1.09. The highest BCUT2D eigenvalue weighted by atomic mass is 35.5. The largest absolute Gasteiger partial charge is 0.353 e. The number of hydrogen-bond donors (Lipinski definition) is 2. The molecule has 0 fully saturated rings. The van der Waals surface area contributed by atoms with Crippen LogP contribution in [0.1, 0.15) is 6.42 Å². The molecule has 0 amide bonds. The molecule has 2 N–H and O–H groups in total. The van der Waals surface area contributed by atoms with E-state index in [4.69, 9.17) is 45.0 Å². The van der Waals surface area contributed by atoms with Crippen LogP contribution in [-0.2, 0) is 0 Å². The summed E-state index contributed by atoms with van der Waals surface area (Å²) >= 11 is 16.8. The summed E-state index contributed by atoms with van der Waals surface area (Å²) in [6.45, 7) is 0. The molecule has 0 spiro atoms. The first-order valence-corrected chi connectivity index (χ1v) is 4.42. The Morgan fingerprint density at radius 2 is 1.42 bits per heavy atom. The predicted molar refractivity (Wildman–Crippen MR) is 50.1 cm³/mol. The smallest absolute Gasteiger partial charge is 0.256 e. The number of halogens is 3. The third-order valence-corrected chi connectivity index (χ3v) is 2.83. The van der Waals surface area contributed by atoms with Crippen molar-refractivity contribution in [3.05, 3.63) is 0 Å². The maximum Gasteiger partial charge on any atom is 0.256 e. The molecule has 0 aromatic heterocycles. The van der Waals surface area contributed by atoms with E-state index in [0.717, 1.165) is 0 Å². The van der Waals surface area contributed by atoms with E-state index in [0.29, 0.717) is 0 Å². The van der Waals surface area contributed by atoms with Gasteiger partial charge in [-0.1, -0.05) is 11.6 Å². The van der Waals surface area contributed by atoms with Crippen LogP contribution in [0.15, 0.2) is 0 Å². The van der Waals surface area contributed by atoms with Crippen molar-refractivity contribution in [2.24, 2.45) is 0 Å². The summed E-state index contributed by atoms with van der Waals surface area (Å²) in [6, 6.07) is 0. The molecule has 0 saturated heterocycles. The fraction of sp³-hybridized carbons (Fsp3) is 1.00. The van der Waals surface area contributed by atoms with Crippen LogP contribution < -0.4 is 0 Å². The average Bonchev–Trinajstić information content (AvgIpc) is 1.52. The third-order valence-electron chi connectivity index (χ3n) is 1.42. The normalized spacial score (nSPS) is 15.0. The molecule has 0 bridgehead atoms. The van der Waals surface area contributed by atoms with Crippen molar-refractivity contribution >= 4 is 34.8 Å². The molecule has 6 heteroatoms. The van der Waals surface area contributed by atoms with Crippen LogP contribution in [0.5, 0.6) is 0 Å². The monoisotopic (exact) mass is 236 g/mol. The van der Waals surface area contributed by atoms with Crippen LogP contribution in [-0.4, -0.2) is 45.5 Å². The van der Waals surface area contributed by atoms with Crippen molar-refractivity contribution in [1.82, 2.24) is 0 Å². The summed E-state index contributed by atoms with van der Waals surface area (Å²) in [7, 11) is 5.17. The standard InChI is InChI=1S/C6H13Cl3NO2/c1-10(2,3)5(7,8)4-6(9,11)12/h11-12H,4H2,1-3H3/q+1. The molecule has 0 aliphatic rings. The van der Waals surface area contributed by atoms with Gasteiger partial charge >= 0.3 is 0 Å². The third kappa shape index (κ3) is 4.12. The number of hydrogen-bond acceptors (Lipinski definition) is 2. The minimum Gasteiger partial charge on any atom is -0.353 e. The molecule has 0 aromatic rings. The van der Waals surface area contributed by atoms with E-state index in [1.807, 2.05) is 0 Å². The quantitative estimate of drug-likeness (QED) is 0.334. The van der Waals surface area contributed by atoms with Gasteiger partial charge in [0, 0.05) is 0 Å². The lowest BCUT2D eigenvalue weighted by Crippen LogP contribution is -2.52. The first-order chi connectivity index (χ1) is 4.96. The summed E-state index contributed by atoms with van der Waals surface area (Å²) in [5, 5.41) is 15.4. The number of aliphatic hydroxyl groups is 2. The second-order valence-electron chi connectivity index (χ2n) is 3.57. The van der Waals surface area contributed by atoms with Crippen molar-refractivity contribution < 1.29 is 14.7 Å². The zero-order valence-corrected chi connectivity index (χ0v) is 9.45. The molecule has 0 radical (unpaired) electrons. The Morgan fingerprint density at radius 3 is 1.50 bits per heavy atom. The highest BCUT2D eigenvalue weighted by Crippen LogP contribution is 2.37. The Kier molecular flexibility index (Phi) is 3.70. The van der Waals surface area contributed by atoms with Gasteiger partial charge in [0.05, 0.1) is 21.1 Å². The molecule has 0 atom stereocenters. The Labute approximate surface area is 87.0 Å². The molecule has 0 aliphatic heterocycles.